The summed E-state index contributed by atoms with van der Waals surface area (Å²) in [5, 5.41) is 3.01. The number of amides is 1. The third-order valence-electron chi connectivity index (χ3n) is 5.49. The average molecular weight is 397 g/mol. The first kappa shape index (κ1) is 21.1. The van der Waals surface area contributed by atoms with E-state index in [0.29, 0.717) is 35.7 Å². The number of aromatic nitrogens is 2. The van der Waals surface area contributed by atoms with Gasteiger partial charge < -0.3 is 15.0 Å². The lowest BCUT2D eigenvalue weighted by Crippen LogP contribution is -2.37. The molecule has 1 aliphatic carbocycles. The number of hydrogen-bond donors (Lipinski definition) is 1. The largest absolute Gasteiger partial charge is 0.497 e. The van der Waals surface area contributed by atoms with Crippen molar-refractivity contribution in [2.75, 3.05) is 25.6 Å². The molecule has 0 saturated heterocycles. The second kappa shape index (κ2) is 9.72. The Balaban J connectivity index is 1.95. The molecule has 1 amide bonds. The molecule has 0 aliphatic heterocycles. The molecule has 0 spiro atoms. The van der Waals surface area contributed by atoms with Crippen molar-refractivity contribution in [3.63, 3.8) is 0 Å². The minimum absolute atomic E-state index is 0.113. The Hall–Kier alpha value is -2.63. The fourth-order valence-corrected chi connectivity index (χ4v) is 3.71. The summed E-state index contributed by atoms with van der Waals surface area (Å²) in [4.78, 5) is 24.4. The zero-order valence-electron chi connectivity index (χ0n) is 17.9. The number of nitrogens with zero attached hydrogens (tertiary/aromatic N) is 3. The standard InChI is InChI=1S/C23H32N4O2/c1-16(2)14-25-23(28)20-15-24-21(17-10-12-19(29-4)13-11-17)26-22(20)27(3)18-8-6-5-7-9-18/h10-13,15-16,18H,5-9,14H2,1-4H3,(H,25,28). The van der Waals surface area contributed by atoms with Crippen LogP contribution in [0.15, 0.2) is 30.5 Å². The van der Waals surface area contributed by atoms with E-state index in [9.17, 15) is 4.79 Å². The van der Waals surface area contributed by atoms with E-state index in [-0.39, 0.29) is 5.91 Å². The summed E-state index contributed by atoms with van der Waals surface area (Å²) in [6.07, 6.45) is 7.65. The van der Waals surface area contributed by atoms with Crippen LogP contribution in [-0.4, -0.2) is 42.6 Å². The van der Waals surface area contributed by atoms with Gasteiger partial charge in [0.25, 0.3) is 5.91 Å². The lowest BCUT2D eigenvalue weighted by atomic mass is 9.94. The van der Waals surface area contributed by atoms with Crippen molar-refractivity contribution in [3.8, 4) is 17.1 Å². The van der Waals surface area contributed by atoms with Crippen LogP contribution in [0, 0.1) is 5.92 Å². The van der Waals surface area contributed by atoms with Gasteiger partial charge in [-0.2, -0.15) is 0 Å². The summed E-state index contributed by atoms with van der Waals surface area (Å²) in [6.45, 7) is 4.79. The number of carbonyl (C=O) groups excluding carboxylic acids is 1. The van der Waals surface area contributed by atoms with Gasteiger partial charge in [0.1, 0.15) is 17.1 Å². The Labute approximate surface area is 173 Å². The van der Waals surface area contributed by atoms with Gasteiger partial charge >= 0.3 is 0 Å². The van der Waals surface area contributed by atoms with Gasteiger partial charge in [0.15, 0.2) is 5.82 Å². The molecule has 1 aliphatic rings. The number of benzene rings is 1. The molecule has 1 aromatic carbocycles. The molecule has 1 heterocycles. The van der Waals surface area contributed by atoms with Crippen molar-refractivity contribution in [1.29, 1.82) is 0 Å². The maximum absolute atomic E-state index is 12.9. The lowest BCUT2D eigenvalue weighted by Gasteiger charge is -2.33. The molecule has 6 heteroatoms. The lowest BCUT2D eigenvalue weighted by molar-refractivity contribution is 0.0948. The third-order valence-corrected chi connectivity index (χ3v) is 5.49. The van der Waals surface area contributed by atoms with E-state index in [1.807, 2.05) is 24.3 Å². The number of ether oxygens (including phenoxy) is 1. The molecule has 0 unspecified atom stereocenters. The second-order valence-electron chi connectivity index (χ2n) is 8.17. The average Bonchev–Trinajstić information content (AvgIpc) is 2.77. The van der Waals surface area contributed by atoms with Gasteiger partial charge in [-0.3, -0.25) is 4.79 Å². The van der Waals surface area contributed by atoms with Crippen LogP contribution >= 0.6 is 0 Å². The summed E-state index contributed by atoms with van der Waals surface area (Å²) in [6, 6.07) is 8.08. The molecule has 0 atom stereocenters. The summed E-state index contributed by atoms with van der Waals surface area (Å²) < 4.78 is 5.24. The highest BCUT2D eigenvalue weighted by molar-refractivity contribution is 5.99. The molecule has 1 aromatic heterocycles. The van der Waals surface area contributed by atoms with Crippen LogP contribution in [0.1, 0.15) is 56.3 Å². The molecule has 6 nitrogen and oxygen atoms in total. The summed E-state index contributed by atoms with van der Waals surface area (Å²) in [5.74, 6) is 2.39. The Bertz CT molecular complexity index is 814. The van der Waals surface area contributed by atoms with E-state index in [2.05, 4.69) is 36.1 Å². The fourth-order valence-electron chi connectivity index (χ4n) is 3.71. The van der Waals surface area contributed by atoms with Gasteiger partial charge in [0.2, 0.25) is 0 Å². The third kappa shape index (κ3) is 5.25. The molecular weight excluding hydrogens is 364 g/mol. The monoisotopic (exact) mass is 396 g/mol. The Morgan fingerprint density at radius 2 is 1.90 bits per heavy atom. The van der Waals surface area contributed by atoms with Crippen LogP contribution in [0.4, 0.5) is 5.82 Å². The van der Waals surface area contributed by atoms with E-state index in [4.69, 9.17) is 9.72 Å². The van der Waals surface area contributed by atoms with Crippen LogP contribution in [0.25, 0.3) is 11.4 Å². The van der Waals surface area contributed by atoms with E-state index < -0.39 is 0 Å². The second-order valence-corrected chi connectivity index (χ2v) is 8.17. The molecule has 29 heavy (non-hydrogen) atoms. The van der Waals surface area contributed by atoms with Crippen molar-refractivity contribution in [2.24, 2.45) is 5.92 Å². The molecule has 1 N–H and O–H groups in total. The molecule has 2 aromatic rings. The topological polar surface area (TPSA) is 67.3 Å². The highest BCUT2D eigenvalue weighted by Gasteiger charge is 2.25. The van der Waals surface area contributed by atoms with Gasteiger partial charge in [-0.1, -0.05) is 33.1 Å². The van der Waals surface area contributed by atoms with Crippen molar-refractivity contribution >= 4 is 11.7 Å². The highest BCUT2D eigenvalue weighted by atomic mass is 16.5. The summed E-state index contributed by atoms with van der Waals surface area (Å²) >= 11 is 0. The fraction of sp³-hybridized carbons (Fsp3) is 0.522. The van der Waals surface area contributed by atoms with Crippen molar-refractivity contribution < 1.29 is 9.53 Å². The zero-order valence-corrected chi connectivity index (χ0v) is 17.9. The van der Waals surface area contributed by atoms with Crippen LogP contribution in [0.2, 0.25) is 0 Å². The molecule has 0 radical (unpaired) electrons. The molecule has 1 fully saturated rings. The van der Waals surface area contributed by atoms with Crippen molar-refractivity contribution in [2.45, 2.75) is 52.0 Å². The van der Waals surface area contributed by atoms with E-state index in [0.717, 1.165) is 24.2 Å². The SMILES string of the molecule is COc1ccc(-c2ncc(C(=O)NCC(C)C)c(N(C)C3CCCCC3)n2)cc1. The minimum atomic E-state index is -0.113. The van der Waals surface area contributed by atoms with Gasteiger partial charge in [-0.05, 0) is 43.0 Å². The predicted octanol–water partition coefficient (Wildman–Crippen LogP) is 4.31. The van der Waals surface area contributed by atoms with Gasteiger partial charge in [-0.25, -0.2) is 9.97 Å². The Kier molecular flexibility index (Phi) is 7.07. The number of rotatable bonds is 7. The minimum Gasteiger partial charge on any atom is -0.497 e. The Morgan fingerprint density at radius 1 is 1.21 bits per heavy atom. The zero-order chi connectivity index (χ0) is 20.8. The van der Waals surface area contributed by atoms with Crippen LogP contribution in [-0.2, 0) is 0 Å². The van der Waals surface area contributed by atoms with Crippen LogP contribution in [0.5, 0.6) is 5.75 Å². The smallest absolute Gasteiger partial charge is 0.256 e. The van der Waals surface area contributed by atoms with Crippen LogP contribution in [0.3, 0.4) is 0 Å². The quantitative estimate of drug-likeness (QED) is 0.755. The summed E-state index contributed by atoms with van der Waals surface area (Å²) in [5.41, 5.74) is 1.44. The van der Waals surface area contributed by atoms with Crippen molar-refractivity contribution in [3.05, 3.63) is 36.0 Å². The first-order chi connectivity index (χ1) is 14.0. The number of nitrogens with one attached hydrogen (secondary N) is 1. The normalized spacial score (nSPS) is 14.7. The van der Waals surface area contributed by atoms with Crippen LogP contribution < -0.4 is 15.0 Å². The van der Waals surface area contributed by atoms with Crippen molar-refractivity contribution in [1.82, 2.24) is 15.3 Å². The first-order valence-corrected chi connectivity index (χ1v) is 10.5. The molecule has 3 rings (SSSR count). The predicted molar refractivity (Wildman–Crippen MR) is 116 cm³/mol. The highest BCUT2D eigenvalue weighted by Crippen LogP contribution is 2.29. The first-order valence-electron chi connectivity index (χ1n) is 10.5. The van der Waals surface area contributed by atoms with Gasteiger partial charge in [-0.15, -0.1) is 0 Å². The molecule has 0 bridgehead atoms. The maximum Gasteiger partial charge on any atom is 0.256 e. The number of carbonyl (C=O) groups is 1. The number of methoxy groups -OCH3 is 1. The number of hydrogen-bond acceptors (Lipinski definition) is 5. The molecule has 1 saturated carbocycles. The summed E-state index contributed by atoms with van der Waals surface area (Å²) in [7, 11) is 3.70. The van der Waals surface area contributed by atoms with E-state index in [1.165, 1.54) is 19.3 Å². The van der Waals surface area contributed by atoms with Gasteiger partial charge in [0.05, 0.1) is 7.11 Å². The van der Waals surface area contributed by atoms with Gasteiger partial charge in [0, 0.05) is 31.4 Å². The Morgan fingerprint density at radius 3 is 2.52 bits per heavy atom. The maximum atomic E-state index is 12.9. The number of anilines is 1. The van der Waals surface area contributed by atoms with E-state index in [1.54, 1.807) is 13.3 Å². The molecule has 156 valence electrons. The van der Waals surface area contributed by atoms with E-state index >= 15 is 0 Å². The molecular formula is C23H32N4O2.